The highest BCUT2D eigenvalue weighted by Gasteiger charge is 2.43. The topological polar surface area (TPSA) is 69.6 Å². The minimum atomic E-state index is -1.07. The van der Waals surface area contributed by atoms with Crippen molar-refractivity contribution < 1.29 is 14.7 Å². The Morgan fingerprint density at radius 1 is 1.24 bits per heavy atom. The summed E-state index contributed by atoms with van der Waals surface area (Å²) in [5.41, 5.74) is -1.07. The number of hydrogen-bond acceptors (Lipinski definition) is 2. The van der Waals surface area contributed by atoms with Crippen molar-refractivity contribution in [2.24, 2.45) is 5.92 Å². The molecule has 1 aliphatic carbocycles. The van der Waals surface area contributed by atoms with E-state index >= 15 is 0 Å². The van der Waals surface area contributed by atoms with Crippen LogP contribution in [0.4, 0.5) is 4.79 Å². The molecule has 0 radical (unpaired) electrons. The molecule has 5 nitrogen and oxygen atoms in total. The molecule has 0 spiro atoms. The summed E-state index contributed by atoms with van der Waals surface area (Å²) < 4.78 is 0. The normalized spacial score (nSPS) is 25.4. The lowest BCUT2D eigenvalue weighted by atomic mass is 9.75. The molecule has 122 valence electrons. The molecular formula is C16H30N2O3. The van der Waals surface area contributed by atoms with Gasteiger partial charge in [-0.25, -0.2) is 9.59 Å². The van der Waals surface area contributed by atoms with Crippen LogP contribution < -0.4 is 5.32 Å². The first-order valence-electron chi connectivity index (χ1n) is 8.21. The van der Waals surface area contributed by atoms with Crippen molar-refractivity contribution in [2.45, 2.75) is 70.8 Å². The van der Waals surface area contributed by atoms with E-state index in [2.05, 4.69) is 19.2 Å². The van der Waals surface area contributed by atoms with Crippen LogP contribution in [0, 0.1) is 5.92 Å². The maximum Gasteiger partial charge on any atom is 0.329 e. The van der Waals surface area contributed by atoms with Gasteiger partial charge in [-0.15, -0.1) is 0 Å². The number of rotatable bonds is 7. The summed E-state index contributed by atoms with van der Waals surface area (Å²) >= 11 is 0. The summed E-state index contributed by atoms with van der Waals surface area (Å²) in [4.78, 5) is 25.5. The first-order chi connectivity index (χ1) is 9.95. The molecule has 0 unspecified atom stereocenters. The minimum Gasteiger partial charge on any atom is -0.480 e. The molecule has 1 rings (SSSR count). The van der Waals surface area contributed by atoms with E-state index in [1.54, 1.807) is 11.9 Å². The SMILES string of the molecule is CCCCCN(C)C(=O)NC1(C(=O)O)CCC(CC)CC1. The molecule has 0 atom stereocenters. The molecule has 0 heterocycles. The predicted octanol–water partition coefficient (Wildman–Crippen LogP) is 3.24. The number of carbonyl (C=O) groups is 2. The van der Waals surface area contributed by atoms with Gasteiger partial charge in [0.2, 0.25) is 0 Å². The van der Waals surface area contributed by atoms with Crippen molar-refractivity contribution in [1.29, 1.82) is 0 Å². The lowest BCUT2D eigenvalue weighted by Gasteiger charge is -2.38. The lowest BCUT2D eigenvalue weighted by molar-refractivity contribution is -0.146. The number of amides is 2. The fraction of sp³-hybridized carbons (Fsp3) is 0.875. The zero-order chi connectivity index (χ0) is 15.9. The third-order valence-corrected chi connectivity index (χ3v) is 4.74. The van der Waals surface area contributed by atoms with E-state index in [-0.39, 0.29) is 6.03 Å². The average molecular weight is 298 g/mol. The van der Waals surface area contributed by atoms with Crippen molar-refractivity contribution in [1.82, 2.24) is 10.2 Å². The second-order valence-electron chi connectivity index (χ2n) is 6.30. The van der Waals surface area contributed by atoms with Crippen LogP contribution in [-0.4, -0.2) is 41.1 Å². The van der Waals surface area contributed by atoms with Gasteiger partial charge in [-0.1, -0.05) is 33.1 Å². The molecule has 0 aromatic heterocycles. The van der Waals surface area contributed by atoms with Crippen LogP contribution in [0.2, 0.25) is 0 Å². The van der Waals surface area contributed by atoms with Gasteiger partial charge in [-0.2, -0.15) is 0 Å². The molecule has 5 heteroatoms. The molecule has 0 saturated heterocycles. The van der Waals surface area contributed by atoms with Gasteiger partial charge in [0.1, 0.15) is 5.54 Å². The van der Waals surface area contributed by atoms with Gasteiger partial charge in [-0.3, -0.25) is 0 Å². The minimum absolute atomic E-state index is 0.261. The Balaban J connectivity index is 2.58. The van der Waals surface area contributed by atoms with Crippen molar-refractivity contribution >= 4 is 12.0 Å². The van der Waals surface area contributed by atoms with Crippen LogP contribution in [0.5, 0.6) is 0 Å². The van der Waals surface area contributed by atoms with Crippen LogP contribution in [0.25, 0.3) is 0 Å². The van der Waals surface area contributed by atoms with Crippen LogP contribution in [0.15, 0.2) is 0 Å². The maximum atomic E-state index is 12.2. The largest absolute Gasteiger partial charge is 0.480 e. The zero-order valence-electron chi connectivity index (χ0n) is 13.7. The van der Waals surface area contributed by atoms with Gasteiger partial charge in [0.25, 0.3) is 0 Å². The molecule has 0 bridgehead atoms. The summed E-state index contributed by atoms with van der Waals surface area (Å²) in [6.07, 6.45) is 7.06. The Labute approximate surface area is 128 Å². The molecule has 1 aliphatic rings. The van der Waals surface area contributed by atoms with E-state index in [1.165, 1.54) is 0 Å². The number of hydrogen-bond donors (Lipinski definition) is 2. The molecule has 0 aromatic carbocycles. The first-order valence-corrected chi connectivity index (χ1v) is 8.21. The second-order valence-corrected chi connectivity index (χ2v) is 6.30. The number of unbranched alkanes of at least 4 members (excludes halogenated alkanes) is 2. The number of carboxylic acid groups (broad SMARTS) is 1. The van der Waals surface area contributed by atoms with Crippen molar-refractivity contribution in [3.05, 3.63) is 0 Å². The van der Waals surface area contributed by atoms with Crippen LogP contribution in [0.1, 0.15) is 65.2 Å². The highest BCUT2D eigenvalue weighted by Crippen LogP contribution is 2.34. The number of nitrogens with zero attached hydrogens (tertiary/aromatic N) is 1. The summed E-state index contributed by atoms with van der Waals surface area (Å²) in [6.45, 7) is 4.93. The van der Waals surface area contributed by atoms with Crippen molar-refractivity contribution in [2.75, 3.05) is 13.6 Å². The average Bonchev–Trinajstić information content (AvgIpc) is 2.47. The standard InChI is InChI=1S/C16H30N2O3/c1-4-6-7-12-18(3)15(21)17-16(14(19)20)10-8-13(5-2)9-11-16/h13H,4-12H2,1-3H3,(H,17,21)(H,19,20). The van der Waals surface area contributed by atoms with E-state index in [0.717, 1.165) is 38.5 Å². The molecule has 21 heavy (non-hydrogen) atoms. The molecule has 0 aliphatic heterocycles. The Morgan fingerprint density at radius 3 is 2.33 bits per heavy atom. The van der Waals surface area contributed by atoms with Gasteiger partial charge >= 0.3 is 12.0 Å². The molecular weight excluding hydrogens is 268 g/mol. The smallest absolute Gasteiger partial charge is 0.329 e. The first kappa shape index (κ1) is 17.8. The van der Waals surface area contributed by atoms with Crippen molar-refractivity contribution in [3.8, 4) is 0 Å². The quantitative estimate of drug-likeness (QED) is 0.709. The number of urea groups is 1. The number of aliphatic carboxylic acids is 1. The molecule has 1 fully saturated rings. The molecule has 2 amide bonds. The van der Waals surface area contributed by atoms with Crippen LogP contribution in [0.3, 0.4) is 0 Å². The summed E-state index contributed by atoms with van der Waals surface area (Å²) in [5.74, 6) is -0.302. The summed E-state index contributed by atoms with van der Waals surface area (Å²) in [5, 5.41) is 12.3. The lowest BCUT2D eigenvalue weighted by Crippen LogP contribution is -2.58. The Kier molecular flexibility index (Phi) is 6.99. The van der Waals surface area contributed by atoms with Crippen molar-refractivity contribution in [3.63, 3.8) is 0 Å². The van der Waals surface area contributed by atoms with E-state index < -0.39 is 11.5 Å². The second kappa shape index (κ2) is 8.25. The third kappa shape index (κ3) is 4.90. The van der Waals surface area contributed by atoms with E-state index in [9.17, 15) is 14.7 Å². The fourth-order valence-corrected chi connectivity index (χ4v) is 2.97. The van der Waals surface area contributed by atoms with Crippen LogP contribution >= 0.6 is 0 Å². The fourth-order valence-electron chi connectivity index (χ4n) is 2.97. The van der Waals surface area contributed by atoms with Gasteiger partial charge < -0.3 is 15.3 Å². The molecule has 2 N–H and O–H groups in total. The Morgan fingerprint density at radius 2 is 1.86 bits per heavy atom. The molecule has 1 saturated carbocycles. The van der Waals surface area contributed by atoms with E-state index in [0.29, 0.717) is 25.3 Å². The highest BCUT2D eigenvalue weighted by molar-refractivity contribution is 5.86. The number of nitrogens with one attached hydrogen (secondary N) is 1. The Bertz CT molecular complexity index is 349. The zero-order valence-corrected chi connectivity index (χ0v) is 13.7. The highest BCUT2D eigenvalue weighted by atomic mass is 16.4. The number of carboxylic acids is 1. The van der Waals surface area contributed by atoms with E-state index in [4.69, 9.17) is 0 Å². The maximum absolute atomic E-state index is 12.2. The van der Waals surface area contributed by atoms with Gasteiger partial charge in [0.15, 0.2) is 0 Å². The number of carbonyl (C=O) groups excluding carboxylic acids is 1. The van der Waals surface area contributed by atoms with Gasteiger partial charge in [0.05, 0.1) is 0 Å². The Hall–Kier alpha value is -1.26. The molecule has 0 aromatic rings. The summed E-state index contributed by atoms with van der Waals surface area (Å²) in [7, 11) is 1.73. The predicted molar refractivity (Wildman–Crippen MR) is 83.3 cm³/mol. The van der Waals surface area contributed by atoms with Gasteiger partial charge in [0, 0.05) is 13.6 Å². The van der Waals surface area contributed by atoms with Crippen LogP contribution in [-0.2, 0) is 4.79 Å². The monoisotopic (exact) mass is 298 g/mol. The summed E-state index contributed by atoms with van der Waals surface area (Å²) in [6, 6.07) is -0.261. The van der Waals surface area contributed by atoms with Gasteiger partial charge in [-0.05, 0) is 38.0 Å². The third-order valence-electron chi connectivity index (χ3n) is 4.74. The van der Waals surface area contributed by atoms with E-state index in [1.807, 2.05) is 0 Å².